The lowest BCUT2D eigenvalue weighted by Gasteiger charge is -2.37. The summed E-state index contributed by atoms with van der Waals surface area (Å²) >= 11 is 1.24. The van der Waals surface area contributed by atoms with E-state index in [9.17, 15) is 23.1 Å². The molecule has 2 aliphatic heterocycles. The zero-order valence-corrected chi connectivity index (χ0v) is 20.9. The molecule has 1 fully saturated rings. The molecule has 2 atom stereocenters. The molecule has 1 saturated heterocycles. The van der Waals surface area contributed by atoms with Gasteiger partial charge in [-0.05, 0) is 31.2 Å². The van der Waals surface area contributed by atoms with Gasteiger partial charge in [-0.15, -0.1) is 11.3 Å². The number of nitrogens with zero attached hydrogens (tertiary/aromatic N) is 3. The molecule has 1 aromatic carbocycles. The number of amidine groups is 1. The smallest absolute Gasteiger partial charge is 0.327 e. The molecule has 4 heterocycles. The SMILES string of the molecule is CC1Cc2nc(C(=O)N3CCN(S(=O)(=O)c4cc5cc(C(=N)N)ccc5[nH]4)CC3C(=O)O)sc2CN1. The molecule has 1 amide bonds. The molecule has 2 aliphatic rings. The zero-order valence-electron chi connectivity index (χ0n) is 19.3. The fourth-order valence-corrected chi connectivity index (χ4v) is 6.96. The van der Waals surface area contributed by atoms with E-state index in [1.807, 2.05) is 6.92 Å². The van der Waals surface area contributed by atoms with Crippen LogP contribution in [0.5, 0.6) is 0 Å². The van der Waals surface area contributed by atoms with Crippen LogP contribution in [0.4, 0.5) is 0 Å². The van der Waals surface area contributed by atoms with Gasteiger partial charge in [0.25, 0.3) is 15.9 Å². The summed E-state index contributed by atoms with van der Waals surface area (Å²) in [6.45, 7) is 2.10. The van der Waals surface area contributed by atoms with Crippen LogP contribution in [0.25, 0.3) is 10.9 Å². The molecular weight excluding hydrogens is 506 g/mol. The van der Waals surface area contributed by atoms with Crippen LogP contribution in [-0.4, -0.2) is 82.1 Å². The molecule has 6 N–H and O–H groups in total. The highest BCUT2D eigenvalue weighted by molar-refractivity contribution is 7.89. The summed E-state index contributed by atoms with van der Waals surface area (Å²) in [7, 11) is -4.08. The van der Waals surface area contributed by atoms with Crippen LogP contribution in [0.1, 0.15) is 32.9 Å². The Hall–Kier alpha value is -3.33. The van der Waals surface area contributed by atoms with Gasteiger partial charge < -0.3 is 26.0 Å². The number of hydrogen-bond donors (Lipinski definition) is 5. The number of aliphatic carboxylic acids is 1. The van der Waals surface area contributed by atoms with Crippen molar-refractivity contribution in [3.8, 4) is 0 Å². The minimum absolute atomic E-state index is 0.0599. The maximum Gasteiger partial charge on any atom is 0.327 e. The van der Waals surface area contributed by atoms with E-state index in [4.69, 9.17) is 11.1 Å². The largest absolute Gasteiger partial charge is 0.480 e. The number of nitrogen functional groups attached to an aromatic ring is 1. The first-order valence-electron chi connectivity index (χ1n) is 11.3. The fraction of sp³-hybridized carbons (Fsp3) is 0.364. The lowest BCUT2D eigenvalue weighted by atomic mass is 10.1. The normalized spacial score (nSPS) is 20.9. The molecule has 36 heavy (non-hydrogen) atoms. The molecule has 2 unspecified atom stereocenters. The summed E-state index contributed by atoms with van der Waals surface area (Å²) in [5, 5.41) is 21.4. The van der Waals surface area contributed by atoms with Gasteiger partial charge in [-0.25, -0.2) is 18.2 Å². The Bertz CT molecular complexity index is 1500. The van der Waals surface area contributed by atoms with Gasteiger partial charge in [0.2, 0.25) is 0 Å². The first-order valence-corrected chi connectivity index (χ1v) is 13.5. The van der Waals surface area contributed by atoms with E-state index in [0.717, 1.165) is 14.9 Å². The number of amides is 1. The Morgan fingerprint density at radius 3 is 2.78 bits per heavy atom. The predicted octanol–water partition coefficient (Wildman–Crippen LogP) is 0.543. The first kappa shape index (κ1) is 24.4. The average molecular weight is 532 g/mol. The number of aromatic nitrogens is 2. The Kier molecular flexibility index (Phi) is 6.06. The number of fused-ring (bicyclic) bond motifs is 2. The molecule has 14 heteroatoms. The number of benzene rings is 1. The van der Waals surface area contributed by atoms with Crippen LogP contribution in [0.15, 0.2) is 29.3 Å². The lowest BCUT2D eigenvalue weighted by molar-refractivity contribution is -0.143. The quantitative estimate of drug-likeness (QED) is 0.233. The van der Waals surface area contributed by atoms with Crippen molar-refractivity contribution in [3.05, 3.63) is 45.4 Å². The number of aromatic amines is 1. The number of piperazine rings is 1. The van der Waals surface area contributed by atoms with E-state index in [1.165, 1.54) is 22.3 Å². The maximum absolute atomic E-state index is 13.4. The number of carbonyl (C=O) groups is 2. The van der Waals surface area contributed by atoms with Crippen LogP contribution in [0.3, 0.4) is 0 Å². The van der Waals surface area contributed by atoms with Crippen molar-refractivity contribution in [1.29, 1.82) is 5.41 Å². The second-order valence-electron chi connectivity index (χ2n) is 8.94. The van der Waals surface area contributed by atoms with Crippen molar-refractivity contribution >= 4 is 50.0 Å². The number of H-pyrrole nitrogens is 1. The second kappa shape index (κ2) is 8.96. The predicted molar refractivity (Wildman–Crippen MR) is 133 cm³/mol. The van der Waals surface area contributed by atoms with E-state index < -0.39 is 27.9 Å². The number of thiazole rings is 1. The molecule has 12 nitrogen and oxygen atoms in total. The molecule has 5 rings (SSSR count). The second-order valence-corrected chi connectivity index (χ2v) is 11.9. The molecule has 0 spiro atoms. The molecule has 0 aliphatic carbocycles. The van der Waals surface area contributed by atoms with E-state index in [2.05, 4.69) is 15.3 Å². The van der Waals surface area contributed by atoms with Crippen LogP contribution < -0.4 is 11.1 Å². The molecule has 3 aromatic rings. The summed E-state index contributed by atoms with van der Waals surface area (Å²) in [4.78, 5) is 34.8. The summed E-state index contributed by atoms with van der Waals surface area (Å²) in [6, 6.07) is 5.16. The molecule has 0 radical (unpaired) electrons. The van der Waals surface area contributed by atoms with E-state index in [1.54, 1.807) is 18.2 Å². The van der Waals surface area contributed by atoms with Crippen molar-refractivity contribution in [3.63, 3.8) is 0 Å². The summed E-state index contributed by atoms with van der Waals surface area (Å²) in [5.41, 5.74) is 7.36. The Labute approximate surface area is 210 Å². The standard InChI is InChI=1S/C22H25N7O5S2/c1-11-6-15-17(9-25-11)35-20(27-15)21(30)29-5-4-28(10-16(29)22(31)32)36(33,34)18-8-13-7-12(19(23)24)2-3-14(13)26-18/h2-3,7-8,11,16,25-26H,4-6,9-10H2,1H3,(H3,23,24)(H,31,32). The fourth-order valence-electron chi connectivity index (χ4n) is 4.51. The van der Waals surface area contributed by atoms with E-state index >= 15 is 0 Å². The van der Waals surface area contributed by atoms with Crippen LogP contribution >= 0.6 is 11.3 Å². The van der Waals surface area contributed by atoms with Crippen molar-refractivity contribution < 1.29 is 23.1 Å². The van der Waals surface area contributed by atoms with Crippen molar-refractivity contribution in [2.24, 2.45) is 5.73 Å². The van der Waals surface area contributed by atoms with Gasteiger partial charge >= 0.3 is 5.97 Å². The highest BCUT2D eigenvalue weighted by Crippen LogP contribution is 2.28. The van der Waals surface area contributed by atoms with Crippen LogP contribution in [0, 0.1) is 5.41 Å². The number of sulfonamides is 1. The molecule has 0 saturated carbocycles. The average Bonchev–Trinajstić information content (AvgIpc) is 3.46. The third kappa shape index (κ3) is 4.25. The first-order chi connectivity index (χ1) is 17.0. The number of carboxylic acids is 1. The summed E-state index contributed by atoms with van der Waals surface area (Å²) in [6.07, 6.45) is 0.686. The lowest BCUT2D eigenvalue weighted by Crippen LogP contribution is -2.59. The van der Waals surface area contributed by atoms with Crippen LogP contribution in [0.2, 0.25) is 0 Å². The number of nitrogens with two attached hydrogens (primary N) is 1. The molecule has 2 aromatic heterocycles. The van der Waals surface area contributed by atoms with E-state index in [-0.39, 0.29) is 41.5 Å². The number of nitrogens with one attached hydrogen (secondary N) is 3. The monoisotopic (exact) mass is 531 g/mol. The number of rotatable bonds is 5. The van der Waals surface area contributed by atoms with Gasteiger partial charge in [-0.3, -0.25) is 10.2 Å². The number of hydrogen-bond acceptors (Lipinski definition) is 8. The topological polar surface area (TPSA) is 186 Å². The minimum Gasteiger partial charge on any atom is -0.480 e. The highest BCUT2D eigenvalue weighted by Gasteiger charge is 2.41. The maximum atomic E-state index is 13.4. The van der Waals surface area contributed by atoms with Crippen molar-refractivity contribution in [1.82, 2.24) is 24.5 Å². The van der Waals surface area contributed by atoms with Crippen molar-refractivity contribution in [2.75, 3.05) is 19.6 Å². The molecule has 0 bridgehead atoms. The Morgan fingerprint density at radius 1 is 1.28 bits per heavy atom. The van der Waals surface area contributed by atoms with E-state index in [0.29, 0.717) is 29.4 Å². The van der Waals surface area contributed by atoms with Gasteiger partial charge in [-0.2, -0.15) is 4.31 Å². The Balaban J connectivity index is 1.38. The number of carboxylic acid groups (broad SMARTS) is 1. The zero-order chi connectivity index (χ0) is 25.8. The summed E-state index contributed by atoms with van der Waals surface area (Å²) < 4.78 is 27.8. The van der Waals surface area contributed by atoms with Crippen molar-refractivity contribution in [2.45, 2.75) is 37.0 Å². The van der Waals surface area contributed by atoms with Gasteiger partial charge in [0.1, 0.15) is 16.9 Å². The van der Waals surface area contributed by atoms with Gasteiger partial charge in [0.05, 0.1) is 5.69 Å². The highest BCUT2D eigenvalue weighted by atomic mass is 32.2. The number of carbonyl (C=O) groups excluding carboxylic acids is 1. The van der Waals surface area contributed by atoms with Gasteiger partial charge in [0, 0.05) is 60.0 Å². The minimum atomic E-state index is -4.08. The molecule has 190 valence electrons. The summed E-state index contributed by atoms with van der Waals surface area (Å²) in [5.74, 6) is -1.93. The van der Waals surface area contributed by atoms with Crippen LogP contribution in [-0.2, 0) is 27.8 Å². The third-order valence-electron chi connectivity index (χ3n) is 6.49. The molecular formula is C22H25N7O5S2. The van der Waals surface area contributed by atoms with Gasteiger partial charge in [-0.1, -0.05) is 0 Å². The van der Waals surface area contributed by atoms with Gasteiger partial charge in [0.15, 0.2) is 5.01 Å². The third-order valence-corrected chi connectivity index (χ3v) is 9.36. The Morgan fingerprint density at radius 2 is 2.06 bits per heavy atom.